The Kier molecular flexibility index (Phi) is 14.4. The standard InChI is InChI=1S/C59H74O3/c1-12-16-53(60)48(39-55(62)45-25-21-43(22-26-45)36-41(3)47-28-30-50-52(38-47)59(10,11)34-32-57(50,6)7)17-14-13-15-18-54(61)44-23-19-42(20-24-44)35-40(2)46-27-29-49-51(37-46)58(8,9)33-31-56(49,4)5/h19-30,35-38,48H,12-18,31-34,39H2,1-11H3. The summed E-state index contributed by atoms with van der Waals surface area (Å²) in [7, 11) is 0. The predicted octanol–water partition coefficient (Wildman–Crippen LogP) is 15.9. The maximum absolute atomic E-state index is 13.5. The van der Waals surface area contributed by atoms with Crippen LogP contribution in [0.5, 0.6) is 0 Å². The molecule has 2 aliphatic carbocycles. The van der Waals surface area contributed by atoms with E-state index in [0.717, 1.165) is 42.4 Å². The van der Waals surface area contributed by atoms with Gasteiger partial charge in [0.05, 0.1) is 0 Å². The number of rotatable bonds is 17. The highest BCUT2D eigenvalue weighted by Gasteiger charge is 2.38. The Hall–Kier alpha value is -4.63. The van der Waals surface area contributed by atoms with Gasteiger partial charge in [0.15, 0.2) is 11.6 Å². The van der Waals surface area contributed by atoms with E-state index in [0.29, 0.717) is 24.8 Å². The molecule has 0 fully saturated rings. The van der Waals surface area contributed by atoms with Crippen LogP contribution in [0.15, 0.2) is 84.9 Å². The van der Waals surface area contributed by atoms with Crippen LogP contribution in [0.1, 0.15) is 218 Å². The zero-order valence-corrected chi connectivity index (χ0v) is 40.0. The summed E-state index contributed by atoms with van der Waals surface area (Å²) in [6, 6.07) is 29.8. The van der Waals surface area contributed by atoms with Gasteiger partial charge in [-0.3, -0.25) is 14.4 Å². The molecule has 4 aromatic rings. The maximum Gasteiger partial charge on any atom is 0.163 e. The van der Waals surface area contributed by atoms with Crippen LogP contribution in [0, 0.1) is 5.92 Å². The normalized spacial score (nSPS) is 18.0. The summed E-state index contributed by atoms with van der Waals surface area (Å²) in [4.78, 5) is 39.9. The number of carbonyl (C=O) groups is 3. The van der Waals surface area contributed by atoms with Gasteiger partial charge in [-0.15, -0.1) is 0 Å². The van der Waals surface area contributed by atoms with Crippen molar-refractivity contribution in [2.45, 2.75) is 175 Å². The summed E-state index contributed by atoms with van der Waals surface area (Å²) in [5.74, 6) is 0.0507. The lowest BCUT2D eigenvalue weighted by Gasteiger charge is -2.42. The van der Waals surface area contributed by atoms with E-state index in [1.165, 1.54) is 70.2 Å². The molecule has 3 nitrogen and oxygen atoms in total. The Bertz CT molecular complexity index is 2320. The van der Waals surface area contributed by atoms with Gasteiger partial charge >= 0.3 is 0 Å². The molecule has 4 aromatic carbocycles. The quantitative estimate of drug-likeness (QED) is 0.0605. The lowest BCUT2D eigenvalue weighted by atomic mass is 9.63. The molecule has 3 heteroatoms. The maximum atomic E-state index is 13.5. The highest BCUT2D eigenvalue weighted by molar-refractivity contribution is 5.99. The van der Waals surface area contributed by atoms with Gasteiger partial charge in [-0.2, -0.15) is 0 Å². The summed E-state index contributed by atoms with van der Waals surface area (Å²) >= 11 is 0. The molecule has 0 amide bonds. The third-order valence-corrected chi connectivity index (χ3v) is 14.7. The molecule has 0 heterocycles. The molecular formula is C59H74O3. The fraction of sp³-hybridized carbons (Fsp3) is 0.475. The molecular weight excluding hydrogens is 757 g/mol. The van der Waals surface area contributed by atoms with E-state index in [9.17, 15) is 14.4 Å². The topological polar surface area (TPSA) is 51.2 Å². The van der Waals surface area contributed by atoms with Gasteiger partial charge in [-0.05, 0) is 136 Å². The van der Waals surface area contributed by atoms with Gasteiger partial charge in [-0.25, -0.2) is 0 Å². The number of Topliss-reactive ketones (excluding diaryl/α,β-unsaturated/α-hetero) is 3. The zero-order valence-electron chi connectivity index (χ0n) is 40.0. The smallest absolute Gasteiger partial charge is 0.163 e. The molecule has 1 unspecified atom stereocenters. The predicted molar refractivity (Wildman–Crippen MR) is 263 cm³/mol. The van der Waals surface area contributed by atoms with Crippen LogP contribution < -0.4 is 0 Å². The van der Waals surface area contributed by atoms with Crippen molar-refractivity contribution >= 4 is 40.6 Å². The van der Waals surface area contributed by atoms with Crippen molar-refractivity contribution in [1.29, 1.82) is 0 Å². The van der Waals surface area contributed by atoms with Crippen LogP contribution in [0.2, 0.25) is 0 Å². The molecule has 2 aliphatic rings. The van der Waals surface area contributed by atoms with Gasteiger partial charge in [-0.1, -0.05) is 172 Å². The lowest BCUT2D eigenvalue weighted by molar-refractivity contribution is -0.123. The Balaban J connectivity index is 0.995. The first kappa shape index (κ1) is 46.9. The highest BCUT2D eigenvalue weighted by atomic mass is 16.1. The van der Waals surface area contributed by atoms with Gasteiger partial charge < -0.3 is 0 Å². The summed E-state index contributed by atoms with van der Waals surface area (Å²) in [5, 5.41) is 0. The van der Waals surface area contributed by atoms with E-state index < -0.39 is 0 Å². The zero-order chi connectivity index (χ0) is 45.0. The molecule has 6 rings (SSSR count). The lowest BCUT2D eigenvalue weighted by Crippen LogP contribution is -2.33. The number of ketones is 3. The fourth-order valence-electron chi connectivity index (χ4n) is 10.0. The molecule has 0 aliphatic heterocycles. The highest BCUT2D eigenvalue weighted by Crippen LogP contribution is 2.48. The average Bonchev–Trinajstić information content (AvgIpc) is 3.23. The van der Waals surface area contributed by atoms with Gasteiger partial charge in [0, 0.05) is 36.3 Å². The number of allylic oxidation sites excluding steroid dienone is 2. The second-order valence-electron chi connectivity index (χ2n) is 21.5. The molecule has 62 heavy (non-hydrogen) atoms. The van der Waals surface area contributed by atoms with Crippen LogP contribution in [-0.4, -0.2) is 17.3 Å². The first-order valence-corrected chi connectivity index (χ1v) is 23.7. The Morgan fingerprint density at radius 1 is 0.500 bits per heavy atom. The van der Waals surface area contributed by atoms with Crippen molar-refractivity contribution in [3.05, 3.63) is 141 Å². The number of hydrogen-bond donors (Lipinski definition) is 0. The molecule has 328 valence electrons. The number of carbonyl (C=O) groups excluding carboxylic acids is 3. The van der Waals surface area contributed by atoms with Crippen LogP contribution in [0.3, 0.4) is 0 Å². The Morgan fingerprint density at radius 2 is 0.903 bits per heavy atom. The molecule has 1 atom stereocenters. The number of unbranched alkanes of at least 4 members (excludes halogenated alkanes) is 2. The van der Waals surface area contributed by atoms with Gasteiger partial charge in [0.1, 0.15) is 5.78 Å². The second-order valence-corrected chi connectivity index (χ2v) is 21.5. The molecule has 0 bridgehead atoms. The largest absolute Gasteiger partial charge is 0.299 e. The molecule has 0 radical (unpaired) electrons. The number of hydrogen-bond acceptors (Lipinski definition) is 3. The van der Waals surface area contributed by atoms with Crippen LogP contribution in [-0.2, 0) is 26.5 Å². The van der Waals surface area contributed by atoms with E-state index in [1.807, 2.05) is 55.5 Å². The minimum atomic E-state index is -0.290. The molecule has 0 saturated heterocycles. The molecule has 0 aromatic heterocycles. The minimum absolute atomic E-state index is 0.0191. The van der Waals surface area contributed by atoms with Crippen LogP contribution in [0.25, 0.3) is 23.3 Å². The van der Waals surface area contributed by atoms with Crippen LogP contribution >= 0.6 is 0 Å². The Labute approximate surface area is 374 Å². The molecule has 0 saturated carbocycles. The monoisotopic (exact) mass is 831 g/mol. The van der Waals surface area contributed by atoms with Crippen molar-refractivity contribution in [3.8, 4) is 0 Å². The third-order valence-electron chi connectivity index (χ3n) is 14.7. The van der Waals surface area contributed by atoms with E-state index in [4.69, 9.17) is 0 Å². The Morgan fingerprint density at radius 3 is 1.34 bits per heavy atom. The fourth-order valence-corrected chi connectivity index (χ4v) is 10.0. The second kappa shape index (κ2) is 19.0. The van der Waals surface area contributed by atoms with Crippen molar-refractivity contribution in [3.63, 3.8) is 0 Å². The summed E-state index contributed by atoms with van der Waals surface area (Å²) in [6.07, 6.45) is 14.3. The third kappa shape index (κ3) is 10.9. The van der Waals surface area contributed by atoms with E-state index in [1.54, 1.807) is 0 Å². The van der Waals surface area contributed by atoms with Crippen molar-refractivity contribution < 1.29 is 14.4 Å². The van der Waals surface area contributed by atoms with Crippen LogP contribution in [0.4, 0.5) is 0 Å². The molecule has 0 spiro atoms. The first-order chi connectivity index (χ1) is 29.2. The number of benzene rings is 4. The van der Waals surface area contributed by atoms with E-state index >= 15 is 0 Å². The SMILES string of the molecule is CCCC(=O)C(CCCCCC(=O)c1ccc(C=C(C)c2ccc3c(c2)C(C)(C)CCC3(C)C)cc1)CC(=O)c1ccc(C=C(C)c2ccc3c(c2)C(C)(C)CCC3(C)C)cc1. The van der Waals surface area contributed by atoms with E-state index in [2.05, 4.69) is 118 Å². The summed E-state index contributed by atoms with van der Waals surface area (Å²) in [6.45, 7) is 25.2. The van der Waals surface area contributed by atoms with Crippen molar-refractivity contribution in [2.24, 2.45) is 5.92 Å². The number of fused-ring (bicyclic) bond motifs is 2. The summed E-state index contributed by atoms with van der Waals surface area (Å²) in [5.41, 5.74) is 15.0. The molecule has 0 N–H and O–H groups in total. The van der Waals surface area contributed by atoms with Gasteiger partial charge in [0.2, 0.25) is 0 Å². The summed E-state index contributed by atoms with van der Waals surface area (Å²) < 4.78 is 0. The average molecular weight is 831 g/mol. The van der Waals surface area contributed by atoms with Crippen molar-refractivity contribution in [1.82, 2.24) is 0 Å². The van der Waals surface area contributed by atoms with Gasteiger partial charge in [0.25, 0.3) is 0 Å². The van der Waals surface area contributed by atoms with E-state index in [-0.39, 0.29) is 51.3 Å². The first-order valence-electron chi connectivity index (χ1n) is 23.7. The minimum Gasteiger partial charge on any atom is -0.299 e. The van der Waals surface area contributed by atoms with Crippen molar-refractivity contribution in [2.75, 3.05) is 0 Å².